The molecule has 280 valence electrons. The van der Waals surface area contributed by atoms with Crippen LogP contribution in [-0.4, -0.2) is 41.2 Å². The van der Waals surface area contributed by atoms with E-state index in [-0.39, 0.29) is 61.4 Å². The zero-order valence-electron chi connectivity index (χ0n) is 29.5. The minimum atomic E-state index is -5.03. The molecule has 0 aliphatic carbocycles. The summed E-state index contributed by atoms with van der Waals surface area (Å²) >= 11 is 0. The van der Waals surface area contributed by atoms with Crippen LogP contribution in [0, 0.1) is 0 Å². The third kappa shape index (κ3) is 9.93. The number of carbonyl (C=O) groups is 1. The lowest BCUT2D eigenvalue weighted by Gasteiger charge is -2.26. The molecule has 5 rings (SSSR count). The summed E-state index contributed by atoms with van der Waals surface area (Å²) in [5, 5.41) is 0.760. The molecule has 0 bridgehead atoms. The number of alkyl halides is 6. The number of hydrogen-bond acceptors (Lipinski definition) is 8. The first-order chi connectivity index (χ1) is 25.2. The zero-order valence-corrected chi connectivity index (χ0v) is 29.5. The zero-order chi connectivity index (χ0) is 38.3. The molecule has 0 saturated carbocycles. The number of anilines is 1. The van der Waals surface area contributed by atoms with Crippen LogP contribution in [0.2, 0.25) is 0 Å². The number of ether oxygens (including phenoxy) is 3. The van der Waals surface area contributed by atoms with Gasteiger partial charge in [0, 0.05) is 30.5 Å². The van der Waals surface area contributed by atoms with Crippen molar-refractivity contribution in [1.82, 2.24) is 15.0 Å². The average Bonchev–Trinajstić information content (AvgIpc) is 3.12. The van der Waals surface area contributed by atoms with Crippen LogP contribution in [0.25, 0.3) is 22.2 Å². The summed E-state index contributed by atoms with van der Waals surface area (Å²) in [6, 6.07) is 16.5. The first-order valence-corrected chi connectivity index (χ1v) is 16.9. The molecule has 0 unspecified atom stereocenters. The Kier molecular flexibility index (Phi) is 12.1. The number of para-hydroxylation sites is 1. The first kappa shape index (κ1) is 38.8. The van der Waals surface area contributed by atoms with Crippen molar-refractivity contribution in [2.45, 2.75) is 65.0 Å². The summed E-state index contributed by atoms with van der Waals surface area (Å²) in [7, 11) is 1.53. The lowest BCUT2D eigenvalue weighted by Crippen LogP contribution is -2.25. The van der Waals surface area contributed by atoms with E-state index in [4.69, 9.17) is 19.2 Å². The normalized spacial score (nSPS) is 11.9. The summed E-state index contributed by atoms with van der Waals surface area (Å²) in [6.07, 6.45) is -6.86. The minimum absolute atomic E-state index is 0.0110. The molecule has 0 N–H and O–H groups in total. The van der Waals surface area contributed by atoms with Gasteiger partial charge in [0.05, 0.1) is 55.1 Å². The van der Waals surface area contributed by atoms with Crippen LogP contribution in [0.5, 0.6) is 11.5 Å². The van der Waals surface area contributed by atoms with Crippen LogP contribution < -0.4 is 14.4 Å². The van der Waals surface area contributed by atoms with Crippen LogP contribution in [0.1, 0.15) is 67.3 Å². The highest BCUT2D eigenvalue weighted by Gasteiger charge is 2.37. The topological polar surface area (TPSA) is 86.7 Å². The van der Waals surface area contributed by atoms with E-state index in [1.54, 1.807) is 6.92 Å². The number of aromatic nitrogens is 3. The van der Waals surface area contributed by atoms with Gasteiger partial charge in [0.2, 0.25) is 5.95 Å². The van der Waals surface area contributed by atoms with E-state index in [2.05, 4.69) is 9.97 Å². The Morgan fingerprint density at radius 1 is 0.868 bits per heavy atom. The summed E-state index contributed by atoms with van der Waals surface area (Å²) < 4.78 is 99.6. The van der Waals surface area contributed by atoms with Crippen LogP contribution >= 0.6 is 0 Å². The van der Waals surface area contributed by atoms with Gasteiger partial charge in [-0.2, -0.15) is 26.3 Å². The number of halogens is 6. The second kappa shape index (κ2) is 16.5. The van der Waals surface area contributed by atoms with E-state index in [1.807, 2.05) is 62.4 Å². The summed E-state index contributed by atoms with van der Waals surface area (Å²) in [5.41, 5.74) is 0.307. The van der Waals surface area contributed by atoms with Crippen LogP contribution in [0.15, 0.2) is 79.1 Å². The smallest absolute Gasteiger partial charge is 0.416 e. The molecule has 0 amide bonds. The molecule has 0 aliphatic heterocycles. The van der Waals surface area contributed by atoms with E-state index in [1.165, 1.54) is 24.4 Å². The molecule has 5 aromatic rings. The van der Waals surface area contributed by atoms with Gasteiger partial charge in [0.15, 0.2) is 5.75 Å². The molecule has 0 radical (unpaired) electrons. The molecule has 2 aromatic heterocycles. The number of pyridine rings is 1. The molecular formula is C39H38F6N4O4. The van der Waals surface area contributed by atoms with Crippen molar-refractivity contribution < 1.29 is 45.3 Å². The molecule has 0 atom stereocenters. The Balaban J connectivity index is 1.59. The van der Waals surface area contributed by atoms with Crippen molar-refractivity contribution in [3.8, 4) is 22.8 Å². The second-order valence-electron chi connectivity index (χ2n) is 12.5. The Morgan fingerprint density at radius 2 is 1.55 bits per heavy atom. The Hall–Kier alpha value is -5.40. The molecule has 0 fully saturated rings. The fourth-order valence-corrected chi connectivity index (χ4v) is 5.70. The number of fused-ring (bicyclic) bond motifs is 1. The van der Waals surface area contributed by atoms with Crippen molar-refractivity contribution in [2.24, 2.45) is 0 Å². The predicted molar refractivity (Wildman–Crippen MR) is 188 cm³/mol. The summed E-state index contributed by atoms with van der Waals surface area (Å²) in [5.74, 6) is 0.579. The molecule has 0 spiro atoms. The molecule has 3 aromatic carbocycles. The lowest BCUT2D eigenvalue weighted by atomic mass is 9.96. The number of carbonyl (C=O) groups excluding carboxylic acids is 1. The van der Waals surface area contributed by atoms with E-state index in [0.29, 0.717) is 46.6 Å². The first-order valence-electron chi connectivity index (χ1n) is 16.9. The monoisotopic (exact) mass is 740 g/mol. The predicted octanol–water partition coefficient (Wildman–Crippen LogP) is 9.79. The number of methoxy groups -OCH3 is 1. The fourth-order valence-electron chi connectivity index (χ4n) is 5.70. The fraction of sp³-hybridized carbons (Fsp3) is 0.333. The molecular weight excluding hydrogens is 702 g/mol. The summed E-state index contributed by atoms with van der Waals surface area (Å²) in [4.78, 5) is 26.9. The van der Waals surface area contributed by atoms with E-state index < -0.39 is 30.0 Å². The van der Waals surface area contributed by atoms with E-state index >= 15 is 0 Å². The quantitative estimate of drug-likeness (QED) is 0.0632. The van der Waals surface area contributed by atoms with Gasteiger partial charge >= 0.3 is 18.3 Å². The van der Waals surface area contributed by atoms with Crippen molar-refractivity contribution in [3.05, 3.63) is 107 Å². The molecule has 8 nitrogen and oxygen atoms in total. The lowest BCUT2D eigenvalue weighted by molar-refractivity contribution is -0.144. The minimum Gasteiger partial charge on any atom is -0.496 e. The highest BCUT2D eigenvalue weighted by Crippen LogP contribution is 2.39. The Bertz CT molecular complexity index is 2000. The molecule has 2 heterocycles. The van der Waals surface area contributed by atoms with Crippen molar-refractivity contribution in [3.63, 3.8) is 0 Å². The maximum atomic E-state index is 13.9. The largest absolute Gasteiger partial charge is 0.496 e. The molecule has 53 heavy (non-hydrogen) atoms. The molecule has 0 aliphatic rings. The third-order valence-corrected chi connectivity index (χ3v) is 8.33. The van der Waals surface area contributed by atoms with Gasteiger partial charge < -0.3 is 19.1 Å². The highest BCUT2D eigenvalue weighted by atomic mass is 19.4. The highest BCUT2D eigenvalue weighted by molar-refractivity contribution is 5.85. The van der Waals surface area contributed by atoms with Gasteiger partial charge in [0.1, 0.15) is 5.75 Å². The average molecular weight is 741 g/mol. The van der Waals surface area contributed by atoms with E-state index in [0.717, 1.165) is 10.9 Å². The third-order valence-electron chi connectivity index (χ3n) is 8.33. The Morgan fingerprint density at radius 3 is 2.17 bits per heavy atom. The van der Waals surface area contributed by atoms with Gasteiger partial charge in [-0.15, -0.1) is 0 Å². The van der Waals surface area contributed by atoms with Gasteiger partial charge in [-0.05, 0) is 78.4 Å². The van der Waals surface area contributed by atoms with Crippen LogP contribution in [0.4, 0.5) is 32.3 Å². The maximum absolute atomic E-state index is 13.9. The van der Waals surface area contributed by atoms with Gasteiger partial charge in [0.25, 0.3) is 0 Å². The van der Waals surface area contributed by atoms with Gasteiger partial charge in [-0.25, -0.2) is 15.0 Å². The van der Waals surface area contributed by atoms with E-state index in [9.17, 15) is 31.1 Å². The number of nitrogens with zero attached hydrogens (tertiary/aromatic N) is 4. The SMILES string of the molecule is CCOC(=O)CCCOc1cnc(N(Cc2cc(C(F)(F)F)cc(C(F)(F)F)c2)Cc2cc3ccccc3nc2-c2cc(C(C)C)ccc2OC)nc1. The van der Waals surface area contributed by atoms with Crippen LogP contribution in [0.3, 0.4) is 0 Å². The number of hydrogen-bond donors (Lipinski definition) is 0. The van der Waals surface area contributed by atoms with Gasteiger partial charge in [-0.1, -0.05) is 38.1 Å². The molecule has 0 saturated heterocycles. The molecule has 14 heteroatoms. The maximum Gasteiger partial charge on any atom is 0.416 e. The van der Waals surface area contributed by atoms with Crippen molar-refractivity contribution in [1.29, 1.82) is 0 Å². The van der Waals surface area contributed by atoms with Crippen molar-refractivity contribution >= 4 is 22.8 Å². The Labute approximate surface area is 302 Å². The van der Waals surface area contributed by atoms with Crippen molar-refractivity contribution in [2.75, 3.05) is 25.2 Å². The summed E-state index contributed by atoms with van der Waals surface area (Å²) in [6.45, 7) is 5.70. The second-order valence-corrected chi connectivity index (χ2v) is 12.5. The van der Waals surface area contributed by atoms with Gasteiger partial charge in [-0.3, -0.25) is 4.79 Å². The number of benzene rings is 3. The number of rotatable bonds is 14. The van der Waals surface area contributed by atoms with Crippen LogP contribution in [-0.2, 0) is 35.0 Å². The number of esters is 1. The standard InChI is InChI=1S/C39H38F6N4O4/c1-5-52-35(50)11-8-14-53-31-20-46-37(47-21-31)49(22-25-15-29(38(40,41)42)19-30(16-25)39(43,44)45)23-28-17-27-9-6-7-10-33(27)48-36(28)32-18-26(24(2)3)12-13-34(32)51-4/h6-7,9-10,12-13,15-21,24H,5,8,11,14,22-23H2,1-4H3.